The third kappa shape index (κ3) is 5.97. The molecule has 30 heavy (non-hydrogen) atoms. The molecule has 0 aromatic heterocycles. The summed E-state index contributed by atoms with van der Waals surface area (Å²) in [5.41, 5.74) is 6.44. The van der Waals surface area contributed by atoms with Crippen molar-refractivity contribution in [3.8, 4) is 5.75 Å². The number of carbonyl (C=O) groups is 2. The minimum absolute atomic E-state index is 0.162. The minimum Gasteiger partial charge on any atom is -0.493 e. The molecule has 6 nitrogen and oxygen atoms in total. The van der Waals surface area contributed by atoms with E-state index in [4.69, 9.17) is 10.5 Å². The predicted octanol–water partition coefficient (Wildman–Crippen LogP) is 3.04. The van der Waals surface area contributed by atoms with Gasteiger partial charge in [-0.05, 0) is 69.5 Å². The molecule has 2 aliphatic rings. The smallest absolute Gasteiger partial charge is 0.226 e. The first-order valence-electron chi connectivity index (χ1n) is 11.6. The molecule has 3 rings (SSSR count). The fourth-order valence-corrected chi connectivity index (χ4v) is 4.63. The van der Waals surface area contributed by atoms with Gasteiger partial charge in [-0.1, -0.05) is 24.6 Å². The molecule has 3 N–H and O–H groups in total. The van der Waals surface area contributed by atoms with Gasteiger partial charge in [0, 0.05) is 26.1 Å². The molecule has 1 aromatic rings. The van der Waals surface area contributed by atoms with Crippen molar-refractivity contribution in [3.05, 3.63) is 29.8 Å². The Morgan fingerprint density at radius 2 is 1.90 bits per heavy atom. The molecule has 1 aromatic carbocycles. The summed E-state index contributed by atoms with van der Waals surface area (Å²) >= 11 is 0. The fraction of sp³-hybridized carbons (Fsp3) is 0.667. The highest BCUT2D eigenvalue weighted by Crippen LogP contribution is 2.38. The van der Waals surface area contributed by atoms with E-state index < -0.39 is 0 Å². The van der Waals surface area contributed by atoms with Crippen LogP contribution in [0.5, 0.6) is 5.75 Å². The molecule has 166 valence electrons. The molecule has 2 aliphatic heterocycles. The van der Waals surface area contributed by atoms with Crippen LogP contribution in [-0.4, -0.2) is 49.5 Å². The second kappa shape index (κ2) is 11.3. The molecular formula is C24H37N3O3. The van der Waals surface area contributed by atoms with Gasteiger partial charge in [0.25, 0.3) is 0 Å². The third-order valence-electron chi connectivity index (χ3n) is 6.59. The number of hydrogen-bond acceptors (Lipinski definition) is 4. The summed E-state index contributed by atoms with van der Waals surface area (Å²) in [5, 5.41) is 3.16. The number of benzene rings is 1. The molecule has 0 aliphatic carbocycles. The molecule has 6 heteroatoms. The molecule has 2 amide bonds. The maximum absolute atomic E-state index is 13.1. The topological polar surface area (TPSA) is 84.7 Å². The number of ether oxygens (including phenoxy) is 1. The molecule has 1 fully saturated rings. The van der Waals surface area contributed by atoms with Gasteiger partial charge in [-0.3, -0.25) is 9.59 Å². The van der Waals surface area contributed by atoms with Crippen LogP contribution in [-0.2, 0) is 16.0 Å². The zero-order valence-electron chi connectivity index (χ0n) is 18.2. The summed E-state index contributed by atoms with van der Waals surface area (Å²) in [6.45, 7) is 3.23. The molecular weight excluding hydrogens is 378 g/mol. The number of aryl methyl sites for hydroxylation is 1. The van der Waals surface area contributed by atoms with Crippen LogP contribution in [0.3, 0.4) is 0 Å². The molecule has 0 atom stereocenters. The molecule has 0 saturated carbocycles. The van der Waals surface area contributed by atoms with Gasteiger partial charge in [0.1, 0.15) is 5.75 Å². The van der Waals surface area contributed by atoms with E-state index in [2.05, 4.69) is 17.4 Å². The van der Waals surface area contributed by atoms with Gasteiger partial charge in [0.15, 0.2) is 0 Å². The van der Waals surface area contributed by atoms with E-state index in [0.29, 0.717) is 39.2 Å². The lowest BCUT2D eigenvalue weighted by atomic mass is 9.73. The normalized spacial score (nSPS) is 20.2. The zero-order chi connectivity index (χ0) is 21.2. The number of nitrogens with zero attached hydrogens (tertiary/aromatic N) is 1. The molecule has 1 spiro atoms. The number of nitrogens with two attached hydrogens (primary N) is 1. The Hall–Kier alpha value is -2.08. The lowest BCUT2D eigenvalue weighted by Crippen LogP contribution is -2.50. The first kappa shape index (κ1) is 22.6. The van der Waals surface area contributed by atoms with Crippen molar-refractivity contribution < 1.29 is 14.3 Å². The second-order valence-corrected chi connectivity index (χ2v) is 8.68. The molecule has 0 unspecified atom stereocenters. The number of para-hydroxylation sites is 1. The molecule has 2 heterocycles. The van der Waals surface area contributed by atoms with E-state index >= 15 is 0 Å². The number of nitrogens with one attached hydrogen (secondary N) is 1. The summed E-state index contributed by atoms with van der Waals surface area (Å²) in [5.74, 6) is 1.34. The number of rotatable bonds is 4. The van der Waals surface area contributed by atoms with Gasteiger partial charge in [-0.25, -0.2) is 0 Å². The summed E-state index contributed by atoms with van der Waals surface area (Å²) in [6, 6.07) is 8.25. The number of amides is 2. The van der Waals surface area contributed by atoms with Crippen LogP contribution in [0, 0.1) is 5.41 Å². The number of unbranched alkanes of at least 4 members (excludes halogenated alkanes) is 1. The van der Waals surface area contributed by atoms with E-state index in [9.17, 15) is 9.59 Å². The van der Waals surface area contributed by atoms with E-state index in [1.807, 2.05) is 17.0 Å². The van der Waals surface area contributed by atoms with Crippen molar-refractivity contribution >= 4 is 11.8 Å². The number of hydrogen-bond donors (Lipinski definition) is 2. The summed E-state index contributed by atoms with van der Waals surface area (Å²) < 4.78 is 5.95. The monoisotopic (exact) mass is 415 g/mol. The molecule has 0 radical (unpaired) electrons. The van der Waals surface area contributed by atoms with E-state index in [0.717, 1.165) is 63.5 Å². The van der Waals surface area contributed by atoms with Crippen LogP contribution in [0.2, 0.25) is 0 Å². The standard InChI is InChI=1S/C24H37N3O3/c25-15-6-4-11-22(28)27-17-13-24(14-18-27)12-5-3-9-20-8-1-2-10-21(20)30-19-7-16-26-23(24)29/h1-2,8,10H,3-7,9,11-19,25H2,(H,26,29). The molecule has 1 saturated heterocycles. The van der Waals surface area contributed by atoms with Gasteiger partial charge < -0.3 is 20.7 Å². The summed E-state index contributed by atoms with van der Waals surface area (Å²) in [4.78, 5) is 27.5. The van der Waals surface area contributed by atoms with E-state index in [-0.39, 0.29) is 17.2 Å². The average Bonchev–Trinajstić information content (AvgIpc) is 2.78. The van der Waals surface area contributed by atoms with Crippen molar-refractivity contribution in [2.24, 2.45) is 11.1 Å². The SMILES string of the molecule is NCCCCC(=O)N1CCC2(CCCCc3ccccc3OCCCNC2=O)CC1. The van der Waals surface area contributed by atoms with Crippen LogP contribution in [0.25, 0.3) is 0 Å². The first-order valence-corrected chi connectivity index (χ1v) is 11.6. The highest BCUT2D eigenvalue weighted by molar-refractivity contribution is 5.83. The maximum Gasteiger partial charge on any atom is 0.226 e. The van der Waals surface area contributed by atoms with Gasteiger partial charge in [0.05, 0.1) is 12.0 Å². The number of carbonyl (C=O) groups excluding carboxylic acids is 2. The second-order valence-electron chi connectivity index (χ2n) is 8.68. The Bertz CT molecular complexity index is 699. The van der Waals surface area contributed by atoms with Gasteiger partial charge in [-0.2, -0.15) is 0 Å². The Morgan fingerprint density at radius 3 is 2.70 bits per heavy atom. The van der Waals surface area contributed by atoms with Crippen LogP contribution in [0.15, 0.2) is 24.3 Å². The predicted molar refractivity (Wildman–Crippen MR) is 118 cm³/mol. The Labute approximate surface area is 180 Å². The fourth-order valence-electron chi connectivity index (χ4n) is 4.63. The van der Waals surface area contributed by atoms with Crippen LogP contribution in [0.4, 0.5) is 0 Å². The number of likely N-dealkylation sites (tertiary alicyclic amines) is 1. The Morgan fingerprint density at radius 1 is 1.10 bits per heavy atom. The van der Waals surface area contributed by atoms with Crippen LogP contribution < -0.4 is 15.8 Å². The van der Waals surface area contributed by atoms with Crippen molar-refractivity contribution in [1.82, 2.24) is 10.2 Å². The Balaban J connectivity index is 1.60. The zero-order valence-corrected chi connectivity index (χ0v) is 18.2. The third-order valence-corrected chi connectivity index (χ3v) is 6.59. The van der Waals surface area contributed by atoms with Gasteiger partial charge in [-0.15, -0.1) is 0 Å². The lowest BCUT2D eigenvalue weighted by Gasteiger charge is -2.41. The minimum atomic E-state index is -0.345. The highest BCUT2D eigenvalue weighted by atomic mass is 16.5. The van der Waals surface area contributed by atoms with E-state index in [1.54, 1.807) is 0 Å². The van der Waals surface area contributed by atoms with Crippen molar-refractivity contribution in [3.63, 3.8) is 0 Å². The number of piperidine rings is 1. The number of fused-ring (bicyclic) bond motifs is 1. The van der Waals surface area contributed by atoms with Crippen LogP contribution >= 0.6 is 0 Å². The van der Waals surface area contributed by atoms with Crippen LogP contribution in [0.1, 0.15) is 63.4 Å². The van der Waals surface area contributed by atoms with Gasteiger partial charge in [0.2, 0.25) is 11.8 Å². The summed E-state index contributed by atoms with van der Waals surface area (Å²) in [7, 11) is 0. The first-order chi connectivity index (χ1) is 14.6. The van der Waals surface area contributed by atoms with Crippen molar-refractivity contribution in [2.75, 3.05) is 32.8 Å². The van der Waals surface area contributed by atoms with Crippen molar-refractivity contribution in [1.29, 1.82) is 0 Å². The quantitative estimate of drug-likeness (QED) is 0.741. The molecule has 0 bridgehead atoms. The Kier molecular flexibility index (Phi) is 8.55. The van der Waals surface area contributed by atoms with Gasteiger partial charge >= 0.3 is 0 Å². The van der Waals surface area contributed by atoms with Crippen molar-refractivity contribution in [2.45, 2.75) is 64.2 Å². The lowest BCUT2D eigenvalue weighted by molar-refractivity contribution is -0.141. The maximum atomic E-state index is 13.1. The summed E-state index contributed by atoms with van der Waals surface area (Å²) in [6.07, 6.45) is 8.51. The van der Waals surface area contributed by atoms with E-state index in [1.165, 1.54) is 5.56 Å². The average molecular weight is 416 g/mol. The highest BCUT2D eigenvalue weighted by Gasteiger charge is 2.41. The largest absolute Gasteiger partial charge is 0.493 e.